The van der Waals surface area contributed by atoms with Crippen LogP contribution in [-0.4, -0.2) is 24.0 Å². The van der Waals surface area contributed by atoms with Gasteiger partial charge in [-0.15, -0.1) is 0 Å². The summed E-state index contributed by atoms with van der Waals surface area (Å²) in [7, 11) is 0. The number of thiocarbonyl (C=S) groups is 1. The van der Waals surface area contributed by atoms with Crippen molar-refractivity contribution in [1.29, 1.82) is 0 Å². The third-order valence-electron chi connectivity index (χ3n) is 3.92. The van der Waals surface area contributed by atoms with E-state index in [1.807, 2.05) is 19.1 Å². The molecule has 1 aromatic carbocycles. The summed E-state index contributed by atoms with van der Waals surface area (Å²) in [5, 5.41) is 2.88. The highest BCUT2D eigenvalue weighted by molar-refractivity contribution is 7.80. The van der Waals surface area contributed by atoms with E-state index in [-0.39, 0.29) is 10.9 Å². The second-order valence-corrected chi connectivity index (χ2v) is 5.92. The number of carbonyl (C=O) groups is 1. The summed E-state index contributed by atoms with van der Waals surface area (Å²) in [6.07, 6.45) is 4.45. The van der Waals surface area contributed by atoms with Gasteiger partial charge in [0.05, 0.1) is 10.9 Å². The van der Waals surface area contributed by atoms with Gasteiger partial charge in [0.2, 0.25) is 5.91 Å². The van der Waals surface area contributed by atoms with Gasteiger partial charge in [-0.3, -0.25) is 4.79 Å². The fraction of sp³-hybridized carbons (Fsp3) is 0.500. The van der Waals surface area contributed by atoms with E-state index in [9.17, 15) is 4.79 Å². The van der Waals surface area contributed by atoms with E-state index >= 15 is 0 Å². The molecular formula is C16H23N3OS. The highest BCUT2D eigenvalue weighted by Gasteiger charge is 2.19. The maximum Gasteiger partial charge on any atom is 0.234 e. The van der Waals surface area contributed by atoms with Crippen molar-refractivity contribution < 1.29 is 4.79 Å². The standard InChI is InChI=1S/C16H23N3OS/c1-2-14(15(17)21)16(20)18-12-6-8-13(9-7-12)19-10-4-3-5-11-19/h6-9,14H,2-5,10-11H2,1H3,(H2,17,21)(H,18,20). The molecule has 2 rings (SSSR count). The molecule has 1 fully saturated rings. The van der Waals surface area contributed by atoms with Crippen LogP contribution in [0.3, 0.4) is 0 Å². The smallest absolute Gasteiger partial charge is 0.234 e. The molecular weight excluding hydrogens is 282 g/mol. The Labute approximate surface area is 131 Å². The number of anilines is 2. The number of benzene rings is 1. The van der Waals surface area contributed by atoms with Crippen LogP contribution < -0.4 is 16.0 Å². The summed E-state index contributed by atoms with van der Waals surface area (Å²) in [6.45, 7) is 4.14. The van der Waals surface area contributed by atoms with Crippen molar-refractivity contribution in [3.63, 3.8) is 0 Å². The van der Waals surface area contributed by atoms with Gasteiger partial charge in [0.1, 0.15) is 0 Å². The number of piperidine rings is 1. The summed E-state index contributed by atoms with van der Waals surface area (Å²) >= 11 is 4.93. The normalized spacial score (nSPS) is 16.3. The van der Waals surface area contributed by atoms with E-state index in [1.165, 1.54) is 24.9 Å². The van der Waals surface area contributed by atoms with Crippen LogP contribution in [0.25, 0.3) is 0 Å². The second-order valence-electron chi connectivity index (χ2n) is 5.45. The van der Waals surface area contributed by atoms with Crippen LogP contribution in [0.5, 0.6) is 0 Å². The molecule has 0 spiro atoms. The number of rotatable bonds is 5. The lowest BCUT2D eigenvalue weighted by Gasteiger charge is -2.28. The van der Waals surface area contributed by atoms with Crippen molar-refractivity contribution in [3.8, 4) is 0 Å². The Morgan fingerprint density at radius 2 is 1.90 bits per heavy atom. The van der Waals surface area contributed by atoms with Gasteiger partial charge in [-0.2, -0.15) is 0 Å². The van der Waals surface area contributed by atoms with Gasteiger partial charge in [0, 0.05) is 24.5 Å². The number of carbonyl (C=O) groups excluding carboxylic acids is 1. The first kappa shape index (κ1) is 15.8. The van der Waals surface area contributed by atoms with Gasteiger partial charge in [-0.1, -0.05) is 19.1 Å². The van der Waals surface area contributed by atoms with Crippen molar-refractivity contribution in [2.45, 2.75) is 32.6 Å². The van der Waals surface area contributed by atoms with E-state index in [0.717, 1.165) is 18.8 Å². The van der Waals surface area contributed by atoms with E-state index in [0.29, 0.717) is 6.42 Å². The van der Waals surface area contributed by atoms with Gasteiger partial charge in [0.25, 0.3) is 0 Å². The lowest BCUT2D eigenvalue weighted by molar-refractivity contribution is -0.118. The fourth-order valence-corrected chi connectivity index (χ4v) is 2.93. The number of hydrogen-bond acceptors (Lipinski definition) is 3. The second kappa shape index (κ2) is 7.41. The van der Waals surface area contributed by atoms with Crippen molar-refractivity contribution in [2.75, 3.05) is 23.3 Å². The van der Waals surface area contributed by atoms with Gasteiger partial charge < -0.3 is 16.0 Å². The van der Waals surface area contributed by atoms with Crippen LogP contribution in [0.15, 0.2) is 24.3 Å². The molecule has 5 heteroatoms. The maximum atomic E-state index is 12.1. The Balaban J connectivity index is 1.98. The monoisotopic (exact) mass is 305 g/mol. The molecule has 4 nitrogen and oxygen atoms in total. The van der Waals surface area contributed by atoms with Gasteiger partial charge in [-0.05, 0) is 49.9 Å². The third kappa shape index (κ3) is 4.17. The number of amides is 1. The topological polar surface area (TPSA) is 58.4 Å². The molecule has 1 unspecified atom stereocenters. The largest absolute Gasteiger partial charge is 0.393 e. The maximum absolute atomic E-state index is 12.1. The van der Waals surface area contributed by atoms with Gasteiger partial charge in [0.15, 0.2) is 0 Å². The van der Waals surface area contributed by atoms with Crippen molar-refractivity contribution in [3.05, 3.63) is 24.3 Å². The summed E-state index contributed by atoms with van der Waals surface area (Å²) in [5.41, 5.74) is 7.59. The molecule has 1 aliphatic rings. The highest BCUT2D eigenvalue weighted by atomic mass is 32.1. The van der Waals surface area contributed by atoms with Crippen LogP contribution in [0.2, 0.25) is 0 Å². The predicted octanol–water partition coefficient (Wildman–Crippen LogP) is 2.93. The Hall–Kier alpha value is -1.62. The van der Waals surface area contributed by atoms with E-state index in [1.54, 1.807) is 0 Å². The summed E-state index contributed by atoms with van der Waals surface area (Å²) in [6, 6.07) is 7.99. The zero-order chi connectivity index (χ0) is 15.2. The molecule has 1 atom stereocenters. The van der Waals surface area contributed by atoms with Crippen LogP contribution in [-0.2, 0) is 4.79 Å². The molecule has 0 radical (unpaired) electrons. The number of hydrogen-bond donors (Lipinski definition) is 2. The SMILES string of the molecule is CCC(C(=O)Nc1ccc(N2CCCCC2)cc1)C(N)=S. The molecule has 0 saturated carbocycles. The lowest BCUT2D eigenvalue weighted by atomic mass is 10.1. The molecule has 3 N–H and O–H groups in total. The summed E-state index contributed by atoms with van der Waals surface area (Å²) in [5.74, 6) is -0.530. The molecule has 21 heavy (non-hydrogen) atoms. The Kier molecular flexibility index (Phi) is 5.56. The van der Waals surface area contributed by atoms with Crippen molar-refractivity contribution >= 4 is 34.5 Å². The van der Waals surface area contributed by atoms with Crippen LogP contribution in [0.4, 0.5) is 11.4 Å². The van der Waals surface area contributed by atoms with E-state index < -0.39 is 5.92 Å². The highest BCUT2D eigenvalue weighted by Crippen LogP contribution is 2.22. The van der Waals surface area contributed by atoms with Crippen LogP contribution >= 0.6 is 12.2 Å². The number of nitrogens with one attached hydrogen (secondary N) is 1. The van der Waals surface area contributed by atoms with Gasteiger partial charge in [-0.25, -0.2) is 0 Å². The number of nitrogens with zero attached hydrogens (tertiary/aromatic N) is 1. The predicted molar refractivity (Wildman–Crippen MR) is 91.7 cm³/mol. The minimum atomic E-state index is -0.401. The molecule has 1 aliphatic heterocycles. The first-order valence-electron chi connectivity index (χ1n) is 7.57. The summed E-state index contributed by atoms with van der Waals surface area (Å²) in [4.78, 5) is 14.7. The summed E-state index contributed by atoms with van der Waals surface area (Å²) < 4.78 is 0. The average Bonchev–Trinajstić information content (AvgIpc) is 2.49. The fourth-order valence-electron chi connectivity index (χ4n) is 2.65. The zero-order valence-corrected chi connectivity index (χ0v) is 13.3. The molecule has 114 valence electrons. The minimum Gasteiger partial charge on any atom is -0.393 e. The first-order valence-corrected chi connectivity index (χ1v) is 7.98. The zero-order valence-electron chi connectivity index (χ0n) is 12.5. The van der Waals surface area contributed by atoms with Crippen LogP contribution in [0.1, 0.15) is 32.6 Å². The third-order valence-corrected chi connectivity index (χ3v) is 4.21. The average molecular weight is 305 g/mol. The number of nitrogens with two attached hydrogens (primary N) is 1. The minimum absolute atomic E-state index is 0.129. The molecule has 1 saturated heterocycles. The molecule has 1 amide bonds. The molecule has 0 bridgehead atoms. The van der Waals surface area contributed by atoms with Crippen LogP contribution in [0, 0.1) is 5.92 Å². The molecule has 1 heterocycles. The first-order chi connectivity index (χ1) is 10.1. The molecule has 1 aromatic rings. The Bertz CT molecular complexity index is 495. The quantitative estimate of drug-likeness (QED) is 0.821. The van der Waals surface area contributed by atoms with E-state index in [4.69, 9.17) is 18.0 Å². The Morgan fingerprint density at radius 3 is 2.43 bits per heavy atom. The lowest BCUT2D eigenvalue weighted by Crippen LogP contribution is -2.32. The van der Waals surface area contributed by atoms with Gasteiger partial charge >= 0.3 is 0 Å². The Morgan fingerprint density at radius 1 is 1.29 bits per heavy atom. The van der Waals surface area contributed by atoms with Crippen molar-refractivity contribution in [2.24, 2.45) is 11.7 Å². The van der Waals surface area contributed by atoms with E-state index in [2.05, 4.69) is 22.3 Å². The molecule has 0 aliphatic carbocycles. The van der Waals surface area contributed by atoms with Crippen molar-refractivity contribution in [1.82, 2.24) is 0 Å². The molecule has 0 aromatic heterocycles.